The summed E-state index contributed by atoms with van der Waals surface area (Å²) >= 11 is 3.42. The number of hydrogen-bond acceptors (Lipinski definition) is 3. The molecule has 1 aliphatic carbocycles. The summed E-state index contributed by atoms with van der Waals surface area (Å²) in [7, 11) is 4.23. The van der Waals surface area contributed by atoms with Crippen molar-refractivity contribution < 1.29 is 9.90 Å². The van der Waals surface area contributed by atoms with Crippen molar-refractivity contribution in [2.75, 3.05) is 26.0 Å². The number of carboxylic acids is 1. The Bertz CT molecular complexity index is 484. The summed E-state index contributed by atoms with van der Waals surface area (Å²) in [4.78, 5) is 13.2. The van der Waals surface area contributed by atoms with Crippen molar-refractivity contribution >= 4 is 27.6 Å². The minimum Gasteiger partial charge on any atom is -0.478 e. The highest BCUT2D eigenvalue weighted by molar-refractivity contribution is 9.10. The number of aromatic carboxylic acids is 1. The van der Waals surface area contributed by atoms with Crippen molar-refractivity contribution in [3.05, 3.63) is 28.2 Å². The van der Waals surface area contributed by atoms with Crippen LogP contribution in [-0.4, -0.2) is 42.2 Å². The molecule has 1 aromatic carbocycles. The van der Waals surface area contributed by atoms with Crippen molar-refractivity contribution in [2.24, 2.45) is 0 Å². The third-order valence-corrected chi connectivity index (χ3v) is 4.71. The second-order valence-corrected chi connectivity index (χ2v) is 6.18. The van der Waals surface area contributed by atoms with E-state index in [1.807, 2.05) is 6.07 Å². The van der Waals surface area contributed by atoms with Crippen LogP contribution in [0.3, 0.4) is 0 Å². The van der Waals surface area contributed by atoms with E-state index < -0.39 is 5.97 Å². The van der Waals surface area contributed by atoms with E-state index in [1.54, 1.807) is 12.1 Å². The standard InChI is InChI=1S/C14H19BrN2O2/c1-17(2)14(6-3-7-14)9-16-12-5-4-10(13(18)19)8-11(12)15/h4-5,8,16H,3,6-7,9H2,1-2H3,(H,18,19). The molecule has 19 heavy (non-hydrogen) atoms. The number of likely N-dealkylation sites (N-methyl/N-ethyl adjacent to an activating group) is 1. The van der Waals surface area contributed by atoms with E-state index in [9.17, 15) is 4.79 Å². The lowest BCUT2D eigenvalue weighted by Gasteiger charge is -2.47. The number of benzene rings is 1. The van der Waals surface area contributed by atoms with Gasteiger partial charge in [-0.15, -0.1) is 0 Å². The maximum atomic E-state index is 10.9. The number of halogens is 1. The van der Waals surface area contributed by atoms with E-state index in [1.165, 1.54) is 19.3 Å². The summed E-state index contributed by atoms with van der Waals surface area (Å²) in [6.07, 6.45) is 3.69. The molecule has 0 spiro atoms. The van der Waals surface area contributed by atoms with Gasteiger partial charge in [0.25, 0.3) is 0 Å². The van der Waals surface area contributed by atoms with Crippen molar-refractivity contribution in [1.29, 1.82) is 0 Å². The minimum absolute atomic E-state index is 0.241. The molecular formula is C14H19BrN2O2. The zero-order valence-corrected chi connectivity index (χ0v) is 12.8. The number of anilines is 1. The van der Waals surface area contributed by atoms with Crippen LogP contribution in [-0.2, 0) is 0 Å². The fourth-order valence-electron chi connectivity index (χ4n) is 2.42. The second-order valence-electron chi connectivity index (χ2n) is 5.33. The zero-order chi connectivity index (χ0) is 14.0. The Balaban J connectivity index is 2.06. The molecule has 0 saturated heterocycles. The molecule has 2 rings (SSSR count). The van der Waals surface area contributed by atoms with Crippen molar-refractivity contribution in [1.82, 2.24) is 4.90 Å². The van der Waals surface area contributed by atoms with E-state index in [2.05, 4.69) is 40.2 Å². The highest BCUT2D eigenvalue weighted by atomic mass is 79.9. The minimum atomic E-state index is -0.906. The smallest absolute Gasteiger partial charge is 0.335 e. The quantitative estimate of drug-likeness (QED) is 0.873. The van der Waals surface area contributed by atoms with Gasteiger partial charge in [-0.25, -0.2) is 4.79 Å². The summed E-state index contributed by atoms with van der Waals surface area (Å²) < 4.78 is 0.792. The fraction of sp³-hybridized carbons (Fsp3) is 0.500. The van der Waals surface area contributed by atoms with Gasteiger partial charge in [0.2, 0.25) is 0 Å². The normalized spacial score (nSPS) is 17.1. The van der Waals surface area contributed by atoms with Crippen LogP contribution < -0.4 is 5.32 Å². The number of carboxylic acid groups (broad SMARTS) is 1. The van der Waals surface area contributed by atoms with Gasteiger partial charge in [0.15, 0.2) is 0 Å². The molecule has 0 bridgehead atoms. The first-order valence-electron chi connectivity index (χ1n) is 6.39. The second kappa shape index (κ2) is 5.51. The van der Waals surface area contributed by atoms with Gasteiger partial charge >= 0.3 is 5.97 Å². The summed E-state index contributed by atoms with van der Waals surface area (Å²) in [6.45, 7) is 0.880. The van der Waals surface area contributed by atoms with E-state index >= 15 is 0 Å². The summed E-state index contributed by atoms with van der Waals surface area (Å²) in [5.74, 6) is -0.906. The molecule has 2 N–H and O–H groups in total. The lowest BCUT2D eigenvalue weighted by molar-refractivity contribution is 0.0696. The fourth-order valence-corrected chi connectivity index (χ4v) is 2.94. The lowest BCUT2D eigenvalue weighted by Crippen LogP contribution is -2.54. The molecule has 4 nitrogen and oxygen atoms in total. The van der Waals surface area contributed by atoms with E-state index in [4.69, 9.17) is 5.11 Å². The molecule has 104 valence electrons. The largest absolute Gasteiger partial charge is 0.478 e. The summed E-state index contributed by atoms with van der Waals surface area (Å²) in [5, 5.41) is 12.4. The average Bonchev–Trinajstić information content (AvgIpc) is 2.28. The molecule has 1 saturated carbocycles. The molecule has 0 heterocycles. The Morgan fingerprint density at radius 1 is 1.47 bits per heavy atom. The monoisotopic (exact) mass is 326 g/mol. The van der Waals surface area contributed by atoms with Crippen LogP contribution in [0.15, 0.2) is 22.7 Å². The zero-order valence-electron chi connectivity index (χ0n) is 11.2. The van der Waals surface area contributed by atoms with Crippen molar-refractivity contribution in [3.63, 3.8) is 0 Å². The SMILES string of the molecule is CN(C)C1(CNc2ccc(C(=O)O)cc2Br)CCC1. The van der Waals surface area contributed by atoms with Crippen LogP contribution in [0.25, 0.3) is 0 Å². The molecule has 0 amide bonds. The first-order chi connectivity index (χ1) is 8.94. The van der Waals surface area contributed by atoms with Crippen LogP contribution in [0.2, 0.25) is 0 Å². The van der Waals surface area contributed by atoms with E-state index in [-0.39, 0.29) is 5.54 Å². The Labute approximate surface area is 121 Å². The molecule has 0 atom stereocenters. The van der Waals surface area contributed by atoms with Gasteiger partial charge in [-0.05, 0) is 67.5 Å². The van der Waals surface area contributed by atoms with Gasteiger partial charge in [-0.3, -0.25) is 0 Å². The van der Waals surface area contributed by atoms with Crippen LogP contribution in [0.5, 0.6) is 0 Å². The van der Waals surface area contributed by atoms with Gasteiger partial charge in [0.05, 0.1) is 5.56 Å². The maximum absolute atomic E-state index is 10.9. The van der Waals surface area contributed by atoms with Crippen molar-refractivity contribution in [3.8, 4) is 0 Å². The van der Waals surface area contributed by atoms with Gasteiger partial charge in [0, 0.05) is 22.2 Å². The first-order valence-corrected chi connectivity index (χ1v) is 7.18. The number of carbonyl (C=O) groups is 1. The molecular weight excluding hydrogens is 308 g/mol. The third kappa shape index (κ3) is 2.92. The van der Waals surface area contributed by atoms with Gasteiger partial charge in [0.1, 0.15) is 0 Å². The van der Waals surface area contributed by atoms with Crippen molar-refractivity contribution in [2.45, 2.75) is 24.8 Å². The molecule has 1 aliphatic rings. The van der Waals surface area contributed by atoms with Gasteiger partial charge in [-0.2, -0.15) is 0 Å². The van der Waals surface area contributed by atoms with Gasteiger partial charge < -0.3 is 15.3 Å². The van der Waals surface area contributed by atoms with Crippen LogP contribution >= 0.6 is 15.9 Å². The molecule has 5 heteroatoms. The lowest BCUT2D eigenvalue weighted by atomic mass is 9.75. The number of nitrogens with one attached hydrogen (secondary N) is 1. The molecule has 0 radical (unpaired) electrons. The Kier molecular flexibility index (Phi) is 4.16. The predicted molar refractivity (Wildman–Crippen MR) is 79.9 cm³/mol. The molecule has 0 aromatic heterocycles. The Morgan fingerprint density at radius 3 is 2.58 bits per heavy atom. The van der Waals surface area contributed by atoms with Gasteiger partial charge in [-0.1, -0.05) is 0 Å². The Morgan fingerprint density at radius 2 is 2.16 bits per heavy atom. The summed E-state index contributed by atoms with van der Waals surface area (Å²) in [6, 6.07) is 5.07. The molecule has 1 aromatic rings. The number of rotatable bonds is 5. The molecule has 0 unspecified atom stereocenters. The first kappa shape index (κ1) is 14.3. The average molecular weight is 327 g/mol. The molecule has 1 fully saturated rings. The topological polar surface area (TPSA) is 52.6 Å². The van der Waals surface area contributed by atoms with Crippen LogP contribution in [0.1, 0.15) is 29.6 Å². The van der Waals surface area contributed by atoms with Crippen LogP contribution in [0.4, 0.5) is 5.69 Å². The number of nitrogens with zero attached hydrogens (tertiary/aromatic N) is 1. The van der Waals surface area contributed by atoms with E-state index in [0.29, 0.717) is 5.56 Å². The number of hydrogen-bond donors (Lipinski definition) is 2. The maximum Gasteiger partial charge on any atom is 0.335 e. The summed E-state index contributed by atoms with van der Waals surface area (Å²) in [5.41, 5.74) is 1.48. The van der Waals surface area contributed by atoms with Crippen LogP contribution in [0, 0.1) is 0 Å². The highest BCUT2D eigenvalue weighted by Gasteiger charge is 2.38. The third-order valence-electron chi connectivity index (χ3n) is 4.06. The molecule has 0 aliphatic heterocycles. The van der Waals surface area contributed by atoms with E-state index in [0.717, 1.165) is 16.7 Å². The Hall–Kier alpha value is -1.07. The highest BCUT2D eigenvalue weighted by Crippen LogP contribution is 2.36. The predicted octanol–water partition coefficient (Wildman–Crippen LogP) is 3.04.